The first-order chi connectivity index (χ1) is 16.0. The molecule has 0 bridgehead atoms. The van der Waals surface area contributed by atoms with Gasteiger partial charge in [-0.05, 0) is 51.6 Å². The van der Waals surface area contributed by atoms with E-state index in [2.05, 4.69) is 25.2 Å². The van der Waals surface area contributed by atoms with Crippen LogP contribution in [0.15, 0.2) is 30.6 Å². The Balaban J connectivity index is 1.32. The third kappa shape index (κ3) is 4.79. The van der Waals surface area contributed by atoms with Gasteiger partial charge in [-0.2, -0.15) is 0 Å². The predicted molar refractivity (Wildman–Crippen MR) is 125 cm³/mol. The van der Waals surface area contributed by atoms with Crippen LogP contribution in [0.5, 0.6) is 11.6 Å². The van der Waals surface area contributed by atoms with E-state index in [1.54, 1.807) is 13.3 Å². The number of pyridine rings is 2. The second-order valence-electron chi connectivity index (χ2n) is 8.85. The average Bonchev–Trinajstić information content (AvgIpc) is 3.72. The van der Waals surface area contributed by atoms with Gasteiger partial charge in [-0.1, -0.05) is 0 Å². The number of nitrogens with one attached hydrogen (secondary N) is 2. The average molecular weight is 452 g/mol. The standard InChI is InChI=1S/C24H29N5O4/c1-29(2)10-11-32-19-12-16(19)23(30)28-20-7-6-15-17(13-26-22(15)27-20)21-18(33-14-4-5-14)8-9-25-24(21)31-3/h6-9,13-14,16,19H,4-5,10-12H2,1-3H3,(H2,26,27,28,30)/t16-,19-/m0/s1. The van der Waals surface area contributed by atoms with E-state index < -0.39 is 0 Å². The van der Waals surface area contributed by atoms with Gasteiger partial charge in [-0.3, -0.25) is 4.79 Å². The van der Waals surface area contributed by atoms with Crippen molar-refractivity contribution in [2.45, 2.75) is 31.5 Å². The van der Waals surface area contributed by atoms with Crippen LogP contribution >= 0.6 is 0 Å². The van der Waals surface area contributed by atoms with Gasteiger partial charge in [-0.15, -0.1) is 0 Å². The SMILES string of the molecule is COc1nccc(OC2CC2)c1-c1c[nH]c2nc(NC(=O)[C@H]3C[C@@H]3OCCN(C)C)ccc12. The van der Waals surface area contributed by atoms with Crippen molar-refractivity contribution in [3.63, 3.8) is 0 Å². The van der Waals surface area contributed by atoms with E-state index >= 15 is 0 Å². The first kappa shape index (κ1) is 21.7. The Bertz CT molecular complexity index is 1160. The molecule has 0 aromatic carbocycles. The van der Waals surface area contributed by atoms with Gasteiger partial charge in [0.25, 0.3) is 0 Å². The van der Waals surface area contributed by atoms with E-state index in [0.717, 1.165) is 48.1 Å². The largest absolute Gasteiger partial charge is 0.490 e. The Kier molecular flexibility index (Phi) is 5.90. The van der Waals surface area contributed by atoms with E-state index in [1.807, 2.05) is 38.5 Å². The highest BCUT2D eigenvalue weighted by atomic mass is 16.5. The van der Waals surface area contributed by atoms with Crippen molar-refractivity contribution >= 4 is 22.8 Å². The maximum Gasteiger partial charge on any atom is 0.231 e. The number of carbonyl (C=O) groups is 1. The molecule has 0 unspecified atom stereocenters. The molecule has 9 heteroatoms. The number of nitrogens with zero attached hydrogens (tertiary/aromatic N) is 3. The van der Waals surface area contributed by atoms with Gasteiger partial charge in [0.05, 0.1) is 37.4 Å². The number of hydrogen-bond acceptors (Lipinski definition) is 7. The third-order valence-electron chi connectivity index (χ3n) is 5.89. The number of carbonyl (C=O) groups excluding carboxylic acids is 1. The quantitative estimate of drug-likeness (QED) is 0.488. The number of fused-ring (bicyclic) bond motifs is 1. The van der Waals surface area contributed by atoms with Crippen molar-refractivity contribution in [3.8, 4) is 22.8 Å². The van der Waals surface area contributed by atoms with Gasteiger partial charge in [0.1, 0.15) is 17.2 Å². The summed E-state index contributed by atoms with van der Waals surface area (Å²) >= 11 is 0. The number of amides is 1. The lowest BCUT2D eigenvalue weighted by molar-refractivity contribution is -0.118. The zero-order valence-electron chi connectivity index (χ0n) is 19.1. The minimum Gasteiger partial charge on any atom is -0.490 e. The van der Waals surface area contributed by atoms with E-state index in [-0.39, 0.29) is 24.0 Å². The highest BCUT2D eigenvalue weighted by Crippen LogP contribution is 2.42. The van der Waals surface area contributed by atoms with Gasteiger partial charge in [0.2, 0.25) is 11.8 Å². The molecule has 2 atom stereocenters. The van der Waals surface area contributed by atoms with Crippen molar-refractivity contribution in [3.05, 3.63) is 30.6 Å². The fourth-order valence-corrected chi connectivity index (χ4v) is 3.81. The number of aromatic nitrogens is 3. The van der Waals surface area contributed by atoms with Gasteiger partial charge in [0, 0.05) is 29.9 Å². The van der Waals surface area contributed by atoms with E-state index in [0.29, 0.717) is 24.0 Å². The molecule has 2 aliphatic carbocycles. The molecule has 2 fully saturated rings. The predicted octanol–water partition coefficient (Wildman–Crippen LogP) is 3.08. The number of hydrogen-bond donors (Lipinski definition) is 2. The second kappa shape index (κ2) is 8.99. The van der Waals surface area contributed by atoms with Crippen molar-refractivity contribution in [1.29, 1.82) is 0 Å². The van der Waals surface area contributed by atoms with Crippen LogP contribution in [0.25, 0.3) is 22.2 Å². The second-order valence-corrected chi connectivity index (χ2v) is 8.85. The number of anilines is 1. The third-order valence-corrected chi connectivity index (χ3v) is 5.89. The topological polar surface area (TPSA) is 102 Å². The van der Waals surface area contributed by atoms with Crippen molar-refractivity contribution < 1.29 is 19.0 Å². The Hall–Kier alpha value is -3.17. The van der Waals surface area contributed by atoms with E-state index in [4.69, 9.17) is 14.2 Å². The highest BCUT2D eigenvalue weighted by molar-refractivity contribution is 5.99. The number of methoxy groups -OCH3 is 1. The fraction of sp³-hybridized carbons (Fsp3) is 0.458. The Morgan fingerprint density at radius 3 is 2.88 bits per heavy atom. The van der Waals surface area contributed by atoms with Gasteiger partial charge in [-0.25, -0.2) is 9.97 Å². The van der Waals surface area contributed by atoms with Crippen molar-refractivity contribution in [1.82, 2.24) is 19.9 Å². The highest BCUT2D eigenvalue weighted by Gasteiger charge is 2.44. The van der Waals surface area contributed by atoms with Crippen molar-refractivity contribution in [2.24, 2.45) is 5.92 Å². The molecular weight excluding hydrogens is 422 g/mol. The lowest BCUT2D eigenvalue weighted by Crippen LogP contribution is -2.21. The van der Waals surface area contributed by atoms with Gasteiger partial charge in [0.15, 0.2) is 0 Å². The molecule has 2 N–H and O–H groups in total. The van der Waals surface area contributed by atoms with E-state index in [1.165, 1.54) is 0 Å². The first-order valence-electron chi connectivity index (χ1n) is 11.3. The molecule has 33 heavy (non-hydrogen) atoms. The van der Waals surface area contributed by atoms with Crippen molar-refractivity contribution in [2.75, 3.05) is 39.7 Å². The minimum atomic E-state index is -0.120. The van der Waals surface area contributed by atoms with Crippen LogP contribution in [-0.4, -0.2) is 72.3 Å². The molecule has 0 radical (unpaired) electrons. The van der Waals surface area contributed by atoms with Crippen LogP contribution in [0, 0.1) is 5.92 Å². The maximum atomic E-state index is 12.6. The van der Waals surface area contributed by atoms with Crippen LogP contribution in [-0.2, 0) is 9.53 Å². The number of aromatic amines is 1. The van der Waals surface area contributed by atoms with Crippen LogP contribution in [0.3, 0.4) is 0 Å². The molecule has 0 spiro atoms. The summed E-state index contributed by atoms with van der Waals surface area (Å²) < 4.78 is 17.4. The molecule has 0 aliphatic heterocycles. The molecule has 3 aromatic heterocycles. The smallest absolute Gasteiger partial charge is 0.231 e. The summed E-state index contributed by atoms with van der Waals surface area (Å²) in [7, 11) is 5.60. The van der Waals surface area contributed by atoms with Crippen LogP contribution < -0.4 is 14.8 Å². The Labute approximate surface area is 192 Å². The van der Waals surface area contributed by atoms with Crippen LogP contribution in [0.1, 0.15) is 19.3 Å². The van der Waals surface area contributed by atoms with E-state index in [9.17, 15) is 4.79 Å². The van der Waals surface area contributed by atoms with Crippen LogP contribution in [0.4, 0.5) is 5.82 Å². The normalized spacial score (nSPS) is 19.6. The Morgan fingerprint density at radius 2 is 2.12 bits per heavy atom. The van der Waals surface area contributed by atoms with Gasteiger partial charge < -0.3 is 29.4 Å². The summed E-state index contributed by atoms with van der Waals surface area (Å²) in [6, 6.07) is 5.62. The lowest BCUT2D eigenvalue weighted by Gasteiger charge is -2.13. The molecule has 3 heterocycles. The van der Waals surface area contributed by atoms with Gasteiger partial charge >= 0.3 is 0 Å². The molecule has 1 amide bonds. The lowest BCUT2D eigenvalue weighted by atomic mass is 10.1. The zero-order valence-corrected chi connectivity index (χ0v) is 19.1. The Morgan fingerprint density at radius 1 is 1.27 bits per heavy atom. The molecule has 174 valence electrons. The molecular formula is C24H29N5O4. The molecule has 3 aromatic rings. The number of ether oxygens (including phenoxy) is 3. The van der Waals surface area contributed by atoms with Crippen LogP contribution in [0.2, 0.25) is 0 Å². The molecule has 2 saturated carbocycles. The minimum absolute atomic E-state index is 0.00583. The zero-order chi connectivity index (χ0) is 22.9. The summed E-state index contributed by atoms with van der Waals surface area (Å²) in [4.78, 5) is 26.8. The summed E-state index contributed by atoms with van der Waals surface area (Å²) in [5.41, 5.74) is 2.36. The summed E-state index contributed by atoms with van der Waals surface area (Å²) in [5, 5.41) is 3.82. The fourth-order valence-electron chi connectivity index (χ4n) is 3.81. The number of H-pyrrole nitrogens is 1. The summed E-state index contributed by atoms with van der Waals surface area (Å²) in [6.45, 7) is 1.47. The molecule has 2 aliphatic rings. The number of likely N-dealkylation sites (N-methyl/N-ethyl adjacent to an activating group) is 1. The first-order valence-corrected chi connectivity index (χ1v) is 11.3. The summed E-state index contributed by atoms with van der Waals surface area (Å²) in [5.74, 6) is 1.58. The summed E-state index contributed by atoms with van der Waals surface area (Å²) in [6.07, 6.45) is 6.68. The monoisotopic (exact) mass is 451 g/mol. The molecule has 9 nitrogen and oxygen atoms in total. The molecule has 0 saturated heterocycles. The molecule has 5 rings (SSSR count). The number of rotatable bonds is 10. The maximum absolute atomic E-state index is 12.6.